The zero-order valence-corrected chi connectivity index (χ0v) is 19.4. The topological polar surface area (TPSA) is 157 Å². The predicted octanol–water partition coefficient (Wildman–Crippen LogP) is 1.15. The monoisotopic (exact) mass is 517 g/mol. The third-order valence-electron chi connectivity index (χ3n) is 4.88. The molecule has 1 aromatic rings. The molecular weight excluding hydrogens is 487 g/mol. The molecule has 0 unspecified atom stereocenters. The number of hydrogen-bond donors (Lipinski definition) is 3. The summed E-state index contributed by atoms with van der Waals surface area (Å²) in [4.78, 5) is 12.2. The molecule has 0 aliphatic carbocycles. The van der Waals surface area contributed by atoms with Crippen LogP contribution in [0.4, 0.5) is 13.2 Å². The summed E-state index contributed by atoms with van der Waals surface area (Å²) < 4.78 is 71.2. The molecule has 34 heavy (non-hydrogen) atoms. The molecule has 0 aromatic carbocycles. The molecule has 10 nitrogen and oxygen atoms in total. The molecule has 0 saturated carbocycles. The molecule has 14 heteroatoms. The maximum Gasteiger partial charge on any atom is 0.485 e. The number of nitrogens with zero attached hydrogens (tertiary/aromatic N) is 1. The lowest BCUT2D eigenvalue weighted by Crippen LogP contribution is -2.46. The number of carbonyl (C=O) groups is 1. The van der Waals surface area contributed by atoms with E-state index in [-0.39, 0.29) is 0 Å². The first-order chi connectivity index (χ1) is 15.8. The van der Waals surface area contributed by atoms with Gasteiger partial charge in [0.15, 0.2) is 28.6 Å². The molecule has 0 amide bonds. The van der Waals surface area contributed by atoms with Crippen molar-refractivity contribution in [3.63, 3.8) is 0 Å². The Balaban J connectivity index is 0.000000620. The lowest BCUT2D eigenvalue weighted by Gasteiger charge is -2.10. The zero-order valence-electron chi connectivity index (χ0n) is 18.6. The van der Waals surface area contributed by atoms with Crippen LogP contribution >= 0.6 is 0 Å². The smallest absolute Gasteiger partial charge is 0.485 e. The average molecular weight is 518 g/mol. The van der Waals surface area contributed by atoms with Crippen LogP contribution in [0, 0.1) is 0 Å². The van der Waals surface area contributed by atoms with Crippen LogP contribution in [0.3, 0.4) is 0 Å². The van der Waals surface area contributed by atoms with E-state index in [0.717, 1.165) is 19.3 Å². The predicted molar refractivity (Wildman–Crippen MR) is 109 cm³/mol. The van der Waals surface area contributed by atoms with Gasteiger partial charge in [0.05, 0.1) is 13.2 Å². The molecule has 0 spiro atoms. The van der Waals surface area contributed by atoms with Crippen molar-refractivity contribution in [1.82, 2.24) is 0 Å². The highest BCUT2D eigenvalue weighted by Crippen LogP contribution is 2.25. The number of rotatable bonds is 10. The summed E-state index contributed by atoms with van der Waals surface area (Å²) in [5, 5.41) is 29.1. The van der Waals surface area contributed by atoms with Crippen molar-refractivity contribution >= 4 is 16.1 Å². The maximum absolute atomic E-state index is 12.2. The van der Waals surface area contributed by atoms with Gasteiger partial charge in [-0.1, -0.05) is 39.0 Å². The number of halogens is 3. The number of hydrogen-bond acceptors (Lipinski definition) is 9. The summed E-state index contributed by atoms with van der Waals surface area (Å²) in [6.07, 6.45) is 5.77. The second-order valence-corrected chi connectivity index (χ2v) is 8.94. The van der Waals surface area contributed by atoms with E-state index in [9.17, 15) is 33.3 Å². The highest BCUT2D eigenvalue weighted by atomic mass is 32.2. The van der Waals surface area contributed by atoms with E-state index in [1.165, 1.54) is 30.0 Å². The van der Waals surface area contributed by atoms with Crippen molar-refractivity contribution in [2.45, 2.75) is 75.5 Å². The van der Waals surface area contributed by atoms with Gasteiger partial charge in [0, 0.05) is 6.07 Å². The maximum atomic E-state index is 12.2. The molecule has 1 fully saturated rings. The highest BCUT2D eigenvalue weighted by Gasteiger charge is 2.48. The van der Waals surface area contributed by atoms with Crippen molar-refractivity contribution in [2.75, 3.05) is 13.2 Å². The fourth-order valence-corrected chi connectivity index (χ4v) is 3.03. The van der Waals surface area contributed by atoms with Crippen LogP contribution in [-0.2, 0) is 19.6 Å². The first-order valence-corrected chi connectivity index (χ1v) is 12.1. The zero-order chi connectivity index (χ0) is 25.9. The summed E-state index contributed by atoms with van der Waals surface area (Å²) in [6, 6.07) is 3.28. The van der Waals surface area contributed by atoms with Gasteiger partial charge < -0.3 is 29.3 Å². The minimum Gasteiger partial charge on any atom is -0.741 e. The number of aliphatic hydroxyl groups excluding tert-OH is 3. The summed E-state index contributed by atoms with van der Waals surface area (Å²) in [5.41, 5.74) is -5.30. The van der Waals surface area contributed by atoms with Crippen molar-refractivity contribution in [2.24, 2.45) is 0 Å². The van der Waals surface area contributed by atoms with Gasteiger partial charge in [-0.25, -0.2) is 13.2 Å². The molecule has 1 saturated heterocycles. The van der Waals surface area contributed by atoms with Crippen LogP contribution < -0.4 is 4.57 Å². The van der Waals surface area contributed by atoms with E-state index in [4.69, 9.17) is 22.4 Å². The summed E-state index contributed by atoms with van der Waals surface area (Å²) >= 11 is 0. The molecule has 196 valence electrons. The highest BCUT2D eigenvalue weighted by molar-refractivity contribution is 7.86. The Kier molecular flexibility index (Phi) is 12.3. The van der Waals surface area contributed by atoms with Crippen LogP contribution in [0.5, 0.6) is 0 Å². The molecule has 4 atom stereocenters. The minimum absolute atomic E-state index is 0.344. The first-order valence-electron chi connectivity index (χ1n) is 10.7. The second kappa shape index (κ2) is 13.9. The van der Waals surface area contributed by atoms with Gasteiger partial charge in [0.1, 0.15) is 17.8 Å². The normalized spacial score (nSPS) is 22.7. The van der Waals surface area contributed by atoms with Gasteiger partial charge in [0.25, 0.3) is 6.23 Å². The molecule has 1 aromatic heterocycles. The van der Waals surface area contributed by atoms with Crippen LogP contribution in [0.15, 0.2) is 24.5 Å². The number of aromatic nitrogens is 1. The molecule has 1 aliphatic rings. The molecule has 2 rings (SSSR count). The van der Waals surface area contributed by atoms with E-state index in [1.54, 1.807) is 18.3 Å². The Bertz CT molecular complexity index is 867. The van der Waals surface area contributed by atoms with Gasteiger partial charge in [-0.15, -0.1) is 0 Å². The first kappa shape index (κ1) is 30.2. The number of pyridine rings is 1. The third kappa shape index (κ3) is 9.43. The summed E-state index contributed by atoms with van der Waals surface area (Å²) in [6.45, 7) is 2.16. The molecule has 1 aliphatic heterocycles. The minimum atomic E-state index is -6.09. The van der Waals surface area contributed by atoms with Crippen LogP contribution in [0.1, 0.15) is 62.0 Å². The number of ether oxygens (including phenoxy) is 2. The van der Waals surface area contributed by atoms with Gasteiger partial charge in [-0.2, -0.15) is 17.7 Å². The quantitative estimate of drug-likeness (QED) is 0.136. The van der Waals surface area contributed by atoms with E-state index in [0.29, 0.717) is 12.2 Å². The Morgan fingerprint density at radius 3 is 2.29 bits per heavy atom. The fourth-order valence-electron chi connectivity index (χ4n) is 3.03. The van der Waals surface area contributed by atoms with E-state index in [2.05, 4.69) is 6.92 Å². The van der Waals surface area contributed by atoms with Crippen LogP contribution in [0.25, 0.3) is 0 Å². The third-order valence-corrected chi connectivity index (χ3v) is 5.45. The van der Waals surface area contributed by atoms with Crippen LogP contribution in [-0.4, -0.2) is 71.3 Å². The molecule has 0 bridgehead atoms. The lowest BCUT2D eigenvalue weighted by atomic mass is 10.1. The number of esters is 1. The number of aliphatic hydroxyl groups is 3. The van der Waals surface area contributed by atoms with Crippen molar-refractivity contribution in [1.29, 1.82) is 0 Å². The Morgan fingerprint density at radius 2 is 1.76 bits per heavy atom. The molecule has 0 radical (unpaired) electrons. The van der Waals surface area contributed by atoms with Gasteiger partial charge >= 0.3 is 11.5 Å². The largest absolute Gasteiger partial charge is 0.741 e. The lowest BCUT2D eigenvalue weighted by molar-refractivity contribution is -0.765. The van der Waals surface area contributed by atoms with E-state index in [1.807, 2.05) is 0 Å². The number of alkyl halides is 3. The summed E-state index contributed by atoms with van der Waals surface area (Å²) in [7, 11) is -6.09. The molecule has 2 heterocycles. The molecular formula is C20H30F3NO9S. The van der Waals surface area contributed by atoms with Gasteiger partial charge in [-0.3, -0.25) is 0 Å². The standard InChI is InChI=1S/C19H30NO6.CHF3O3S/c1-2-3-4-5-6-7-11-25-19(24)14-9-8-10-20(12-14)18-17(23)16(22)15(13-21)26-18;2-1(3,4)8(5,6)7/h8-10,12,15-18,21-23H,2-7,11,13H2,1H3;(H,5,6,7)/q+1;/p-1/t15-,16+,17+,18-;/m1./s1. The van der Waals surface area contributed by atoms with Crippen molar-refractivity contribution < 1.29 is 60.3 Å². The van der Waals surface area contributed by atoms with Crippen LogP contribution in [0.2, 0.25) is 0 Å². The summed E-state index contributed by atoms with van der Waals surface area (Å²) in [5.74, 6) is -0.431. The van der Waals surface area contributed by atoms with Crippen molar-refractivity contribution in [3.8, 4) is 0 Å². The molecule has 3 N–H and O–H groups in total. The average Bonchev–Trinajstić information content (AvgIpc) is 3.06. The van der Waals surface area contributed by atoms with E-state index >= 15 is 0 Å². The SMILES string of the molecule is CCCCCCCCOC(=O)c1ccc[n+]([C@@H]2O[C@H](CO)[C@H](O)[C@@H]2O)c1.O=S(=O)([O-])C(F)(F)F. The number of unbranched alkanes of at least 4 members (excludes halogenated alkanes) is 5. The Hall–Kier alpha value is -1.84. The number of carbonyl (C=O) groups excluding carboxylic acids is 1. The van der Waals surface area contributed by atoms with Gasteiger partial charge in [-0.05, 0) is 12.5 Å². The van der Waals surface area contributed by atoms with Gasteiger partial charge in [0.2, 0.25) is 0 Å². The fraction of sp³-hybridized carbons (Fsp3) is 0.700. The van der Waals surface area contributed by atoms with Crippen molar-refractivity contribution in [3.05, 3.63) is 30.1 Å². The van der Waals surface area contributed by atoms with E-state index < -0.39 is 52.7 Å². The second-order valence-electron chi connectivity index (χ2n) is 7.57. The Labute approximate surface area is 195 Å². The Morgan fingerprint density at radius 1 is 1.18 bits per heavy atom.